The Balaban J connectivity index is 1.11. The summed E-state index contributed by atoms with van der Waals surface area (Å²) >= 11 is 0. The van der Waals surface area contributed by atoms with E-state index >= 15 is 0 Å². The smallest absolute Gasteiger partial charge is 0.0972 e. The maximum atomic E-state index is 5.44. The van der Waals surface area contributed by atoms with Gasteiger partial charge >= 0.3 is 0 Å². The minimum absolute atomic E-state index is 0.186. The number of fused-ring (bicyclic) bond motifs is 9. The number of rotatable bonds is 3. The van der Waals surface area contributed by atoms with Gasteiger partial charge < -0.3 is 0 Å². The van der Waals surface area contributed by atoms with Gasteiger partial charge in [-0.3, -0.25) is 4.98 Å². The van der Waals surface area contributed by atoms with Crippen LogP contribution in [0.1, 0.15) is 25.0 Å². The van der Waals surface area contributed by atoms with Crippen LogP contribution in [0.25, 0.3) is 88.2 Å². The van der Waals surface area contributed by atoms with Gasteiger partial charge in [0.05, 0.1) is 27.9 Å². The number of hydrogen-bond acceptors (Lipinski definition) is 3. The van der Waals surface area contributed by atoms with E-state index < -0.39 is 0 Å². The molecule has 3 heteroatoms. The molecule has 9 aromatic rings. The number of nitrogens with zero attached hydrogens (tertiary/aromatic N) is 3. The lowest BCUT2D eigenvalue weighted by atomic mass is 9.78. The van der Waals surface area contributed by atoms with Gasteiger partial charge in [-0.25, -0.2) is 9.97 Å². The van der Waals surface area contributed by atoms with Crippen molar-refractivity contribution in [2.75, 3.05) is 0 Å². The van der Waals surface area contributed by atoms with E-state index in [2.05, 4.69) is 158 Å². The van der Waals surface area contributed by atoms with Crippen LogP contribution in [0.15, 0.2) is 152 Å². The number of pyridine rings is 3. The first-order valence-electron chi connectivity index (χ1n) is 16.9. The molecule has 49 heavy (non-hydrogen) atoms. The fourth-order valence-corrected chi connectivity index (χ4v) is 8.04. The highest BCUT2D eigenvalue weighted by atomic mass is 14.8. The highest BCUT2D eigenvalue weighted by molar-refractivity contribution is 6.13. The third-order valence-corrected chi connectivity index (χ3v) is 10.5. The summed E-state index contributed by atoms with van der Waals surface area (Å²) < 4.78 is 0. The normalized spacial score (nSPS) is 13.3. The maximum Gasteiger partial charge on any atom is 0.0972 e. The molecule has 6 aromatic carbocycles. The Morgan fingerprint density at radius 3 is 2.08 bits per heavy atom. The van der Waals surface area contributed by atoms with Gasteiger partial charge in [-0.05, 0) is 57.0 Å². The molecule has 0 saturated heterocycles. The van der Waals surface area contributed by atoms with Crippen LogP contribution < -0.4 is 0 Å². The Kier molecular flexibility index (Phi) is 5.92. The molecule has 1 aliphatic rings. The van der Waals surface area contributed by atoms with Gasteiger partial charge in [0.2, 0.25) is 0 Å². The van der Waals surface area contributed by atoms with Crippen molar-refractivity contribution in [2.45, 2.75) is 19.3 Å². The molecule has 0 atom stereocenters. The minimum atomic E-state index is -0.186. The Bertz CT molecular complexity index is 2790. The van der Waals surface area contributed by atoms with E-state index in [0.717, 1.165) is 49.8 Å². The Hall–Kier alpha value is -6.19. The number of hydrogen-bond donors (Lipinski definition) is 0. The van der Waals surface area contributed by atoms with Crippen molar-refractivity contribution < 1.29 is 0 Å². The van der Waals surface area contributed by atoms with Gasteiger partial charge in [0.1, 0.15) is 0 Å². The van der Waals surface area contributed by atoms with Crippen LogP contribution in [0.5, 0.6) is 0 Å². The number of aromatic nitrogens is 3. The second-order valence-corrected chi connectivity index (χ2v) is 13.6. The standard InChI is InChI=1S/C46H31N3/c1-46(2)38-15-6-5-14-36(38)45-41(46)40(37-24-22-29-9-3-4-13-35(29)44(37)49-45)30-18-16-28(17-19-30)33-10-7-11-34(27-33)39-25-23-32-21-20-31-12-8-26-47-42(31)43(32)48-39/h3-27H,1-2H3. The molecule has 230 valence electrons. The van der Waals surface area contributed by atoms with Crippen molar-refractivity contribution in [2.24, 2.45) is 0 Å². The monoisotopic (exact) mass is 625 g/mol. The van der Waals surface area contributed by atoms with Crippen LogP contribution in [-0.2, 0) is 5.41 Å². The van der Waals surface area contributed by atoms with Gasteiger partial charge in [-0.15, -0.1) is 0 Å². The molecule has 0 radical (unpaired) electrons. The van der Waals surface area contributed by atoms with E-state index in [4.69, 9.17) is 9.97 Å². The molecule has 0 unspecified atom stereocenters. The molecule has 0 N–H and O–H groups in total. The highest BCUT2D eigenvalue weighted by Crippen LogP contribution is 2.53. The molecule has 0 bridgehead atoms. The second kappa shape index (κ2) is 10.4. The first-order chi connectivity index (χ1) is 24.0. The molecule has 3 heterocycles. The fraction of sp³-hybridized carbons (Fsp3) is 0.0652. The van der Waals surface area contributed by atoms with Crippen molar-refractivity contribution in [3.8, 4) is 44.8 Å². The molecular formula is C46H31N3. The SMILES string of the molecule is CC1(C)c2ccccc2-c2nc3c(ccc4ccccc43)c(-c3ccc(-c4cccc(-c5ccc6ccc7cccnc7c6n5)c4)cc3)c21. The lowest BCUT2D eigenvalue weighted by Crippen LogP contribution is -2.16. The highest BCUT2D eigenvalue weighted by Gasteiger charge is 2.39. The van der Waals surface area contributed by atoms with Crippen LogP contribution in [0.3, 0.4) is 0 Å². The van der Waals surface area contributed by atoms with E-state index in [0.29, 0.717) is 0 Å². The summed E-state index contributed by atoms with van der Waals surface area (Å²) in [7, 11) is 0. The van der Waals surface area contributed by atoms with Crippen molar-refractivity contribution in [1.82, 2.24) is 15.0 Å². The molecule has 0 fully saturated rings. The first kappa shape index (κ1) is 27.9. The predicted octanol–water partition coefficient (Wildman–Crippen LogP) is 11.8. The third kappa shape index (κ3) is 4.19. The molecule has 0 spiro atoms. The number of benzene rings is 6. The van der Waals surface area contributed by atoms with Gasteiger partial charge in [0.25, 0.3) is 0 Å². The van der Waals surface area contributed by atoms with Crippen molar-refractivity contribution in [3.05, 3.63) is 163 Å². The predicted molar refractivity (Wildman–Crippen MR) is 204 cm³/mol. The van der Waals surface area contributed by atoms with Crippen molar-refractivity contribution in [1.29, 1.82) is 0 Å². The van der Waals surface area contributed by atoms with E-state index in [1.165, 1.54) is 49.5 Å². The summed E-state index contributed by atoms with van der Waals surface area (Å²) in [6.07, 6.45) is 1.84. The molecule has 0 saturated carbocycles. The lowest BCUT2D eigenvalue weighted by Gasteiger charge is -2.25. The van der Waals surface area contributed by atoms with Gasteiger partial charge in [0, 0.05) is 44.3 Å². The molecular weight excluding hydrogens is 595 g/mol. The van der Waals surface area contributed by atoms with E-state index in [1.54, 1.807) is 0 Å². The average Bonchev–Trinajstić information content (AvgIpc) is 3.39. The van der Waals surface area contributed by atoms with E-state index in [-0.39, 0.29) is 5.41 Å². The van der Waals surface area contributed by atoms with Crippen molar-refractivity contribution >= 4 is 43.5 Å². The lowest BCUT2D eigenvalue weighted by molar-refractivity contribution is 0.662. The van der Waals surface area contributed by atoms with Crippen LogP contribution in [0, 0.1) is 0 Å². The van der Waals surface area contributed by atoms with Crippen LogP contribution in [-0.4, -0.2) is 15.0 Å². The summed E-state index contributed by atoms with van der Waals surface area (Å²) in [6, 6.07) is 52.2. The maximum absolute atomic E-state index is 5.44. The summed E-state index contributed by atoms with van der Waals surface area (Å²) in [4.78, 5) is 15.2. The molecule has 10 rings (SSSR count). The van der Waals surface area contributed by atoms with E-state index in [1.807, 2.05) is 12.3 Å². The first-order valence-corrected chi connectivity index (χ1v) is 16.9. The Morgan fingerprint density at radius 2 is 1.18 bits per heavy atom. The summed E-state index contributed by atoms with van der Waals surface area (Å²) in [5.74, 6) is 0. The van der Waals surface area contributed by atoms with Crippen LogP contribution in [0.2, 0.25) is 0 Å². The van der Waals surface area contributed by atoms with Crippen LogP contribution in [0.4, 0.5) is 0 Å². The third-order valence-electron chi connectivity index (χ3n) is 10.5. The summed E-state index contributed by atoms with van der Waals surface area (Å²) in [5, 5.41) is 5.78. The topological polar surface area (TPSA) is 38.7 Å². The van der Waals surface area contributed by atoms with Gasteiger partial charge in [-0.2, -0.15) is 0 Å². The largest absolute Gasteiger partial charge is 0.254 e. The quantitative estimate of drug-likeness (QED) is 0.183. The molecule has 3 aromatic heterocycles. The minimum Gasteiger partial charge on any atom is -0.254 e. The Morgan fingerprint density at radius 1 is 0.469 bits per heavy atom. The average molecular weight is 626 g/mol. The fourth-order valence-electron chi connectivity index (χ4n) is 8.04. The van der Waals surface area contributed by atoms with Crippen molar-refractivity contribution in [3.63, 3.8) is 0 Å². The molecule has 0 aliphatic heterocycles. The molecule has 1 aliphatic carbocycles. The zero-order valence-corrected chi connectivity index (χ0v) is 27.3. The zero-order chi connectivity index (χ0) is 32.7. The molecule has 0 amide bonds. The Labute approximate surface area is 284 Å². The zero-order valence-electron chi connectivity index (χ0n) is 27.3. The second-order valence-electron chi connectivity index (χ2n) is 13.6. The van der Waals surface area contributed by atoms with Crippen LogP contribution >= 0.6 is 0 Å². The van der Waals surface area contributed by atoms with Gasteiger partial charge in [-0.1, -0.05) is 141 Å². The van der Waals surface area contributed by atoms with E-state index in [9.17, 15) is 0 Å². The summed E-state index contributed by atoms with van der Waals surface area (Å²) in [5.41, 5.74) is 14.5. The summed E-state index contributed by atoms with van der Waals surface area (Å²) in [6.45, 7) is 4.69. The molecule has 3 nitrogen and oxygen atoms in total. The van der Waals surface area contributed by atoms with Gasteiger partial charge in [0.15, 0.2) is 0 Å².